The first-order valence-corrected chi connectivity index (χ1v) is 17.4. The number of fused-ring (bicyclic) bond motifs is 1. The normalized spacial score (nSPS) is 30.5. The second-order valence-electron chi connectivity index (χ2n) is 13.0. The first-order valence-electron chi connectivity index (χ1n) is 16.5. The Morgan fingerprint density at radius 3 is 2.47 bits per heavy atom. The topological polar surface area (TPSA) is 93.6 Å². The van der Waals surface area contributed by atoms with E-state index in [9.17, 15) is 19.5 Å². The molecule has 4 heterocycles. The molecule has 1 N–H and O–H groups in total. The molecule has 2 bridgehead atoms. The molecule has 4 aliphatic heterocycles. The summed E-state index contributed by atoms with van der Waals surface area (Å²) in [6.45, 7) is 18.7. The fourth-order valence-corrected chi connectivity index (χ4v) is 10.5. The Hall–Kier alpha value is -2.66. The van der Waals surface area contributed by atoms with E-state index >= 15 is 0 Å². The molecule has 10 heteroatoms. The van der Waals surface area contributed by atoms with Crippen LogP contribution in [0.5, 0.6) is 0 Å². The maximum Gasteiger partial charge on any atom is 0.247 e. The minimum Gasteiger partial charge on any atom is -0.394 e. The molecule has 45 heavy (non-hydrogen) atoms. The van der Waals surface area contributed by atoms with Crippen LogP contribution in [-0.4, -0.2) is 119 Å². The molecule has 246 valence electrons. The van der Waals surface area contributed by atoms with Crippen molar-refractivity contribution in [2.24, 2.45) is 23.7 Å². The van der Waals surface area contributed by atoms with Crippen LogP contribution in [-0.2, 0) is 19.1 Å². The highest BCUT2D eigenvalue weighted by Crippen LogP contribution is 2.69. The van der Waals surface area contributed by atoms with Crippen LogP contribution in [0.1, 0.15) is 33.6 Å². The highest BCUT2D eigenvalue weighted by atomic mass is 32.2. The van der Waals surface area contributed by atoms with Gasteiger partial charge in [-0.3, -0.25) is 19.3 Å². The second-order valence-corrected chi connectivity index (χ2v) is 14.6. The van der Waals surface area contributed by atoms with Gasteiger partial charge in [0.2, 0.25) is 17.7 Å². The lowest BCUT2D eigenvalue weighted by Crippen LogP contribution is -2.60. The predicted octanol–water partition coefficient (Wildman–Crippen LogP) is 3.30. The monoisotopic (exact) mass is 638 g/mol. The van der Waals surface area contributed by atoms with Gasteiger partial charge in [-0.25, -0.2) is 0 Å². The number of anilines is 1. The van der Waals surface area contributed by atoms with Gasteiger partial charge in [0, 0.05) is 50.2 Å². The van der Waals surface area contributed by atoms with Gasteiger partial charge in [0.05, 0.1) is 42.4 Å². The van der Waals surface area contributed by atoms with Crippen LogP contribution in [0.3, 0.4) is 0 Å². The summed E-state index contributed by atoms with van der Waals surface area (Å²) in [5.41, 5.74) is 0.764. The number of aliphatic hydroxyl groups is 1. The van der Waals surface area contributed by atoms with Crippen molar-refractivity contribution in [3.8, 4) is 0 Å². The molecule has 4 aliphatic rings. The van der Waals surface area contributed by atoms with Gasteiger partial charge in [0.1, 0.15) is 6.04 Å². The number of hydrogen-bond donors (Lipinski definition) is 1. The summed E-state index contributed by atoms with van der Waals surface area (Å²) >= 11 is 1.68. The summed E-state index contributed by atoms with van der Waals surface area (Å²) in [6.07, 6.45) is 4.95. The lowest BCUT2D eigenvalue weighted by Gasteiger charge is -2.43. The predicted molar refractivity (Wildman–Crippen MR) is 179 cm³/mol. The smallest absolute Gasteiger partial charge is 0.247 e. The summed E-state index contributed by atoms with van der Waals surface area (Å²) in [7, 11) is 0. The van der Waals surface area contributed by atoms with Crippen LogP contribution in [0, 0.1) is 23.7 Å². The first kappa shape index (κ1) is 33.7. The summed E-state index contributed by atoms with van der Waals surface area (Å²) in [4.78, 5) is 52.0. The van der Waals surface area contributed by atoms with Crippen LogP contribution < -0.4 is 4.90 Å². The summed E-state index contributed by atoms with van der Waals surface area (Å²) in [5, 5.41) is 10.7. The fraction of sp³-hybridized carbons (Fsp3) is 0.629. The molecular formula is C35H50N4O5S. The molecule has 8 atom stereocenters. The molecule has 1 aromatic rings. The van der Waals surface area contributed by atoms with Crippen LogP contribution in [0.25, 0.3) is 0 Å². The maximum absolute atomic E-state index is 14.9. The molecule has 5 rings (SSSR count). The quantitative estimate of drug-likeness (QED) is 0.313. The number of nitrogens with zero attached hydrogens (tertiary/aromatic N) is 4. The zero-order valence-corrected chi connectivity index (χ0v) is 27.9. The fourth-order valence-electron chi connectivity index (χ4n) is 8.14. The lowest BCUT2D eigenvalue weighted by molar-refractivity contribution is -0.147. The van der Waals surface area contributed by atoms with Gasteiger partial charge < -0.3 is 24.5 Å². The standard InChI is InChI=1S/C35H50N4O5S/c1-6-14-37(17-16-36-18-20-44-21-19-36)34(43)31-35-25(5)22-28(45-35)29(30(35)33(42)39(31)27(23-40)24(4)8-3)32(41)38(15-7-2)26-12-10-9-11-13-26/h6-7,9-13,24-25,27-31,40H,1-2,8,14-23H2,3-5H3/t24-,25?,27-,28-,29+,30-,31?,35?/m0/s1. The number of ether oxygens (including phenoxy) is 1. The largest absolute Gasteiger partial charge is 0.394 e. The highest BCUT2D eigenvalue weighted by molar-refractivity contribution is 8.02. The Labute approximate surface area is 272 Å². The molecule has 1 aromatic carbocycles. The summed E-state index contributed by atoms with van der Waals surface area (Å²) in [5.74, 6) is -1.61. The van der Waals surface area contributed by atoms with Crippen molar-refractivity contribution in [3.05, 3.63) is 55.6 Å². The van der Waals surface area contributed by atoms with Crippen molar-refractivity contribution in [2.75, 3.05) is 64.0 Å². The van der Waals surface area contributed by atoms with Crippen LogP contribution >= 0.6 is 11.8 Å². The van der Waals surface area contributed by atoms with Crippen molar-refractivity contribution in [1.82, 2.24) is 14.7 Å². The number of para-hydroxylation sites is 1. The molecular weight excluding hydrogens is 588 g/mol. The summed E-state index contributed by atoms with van der Waals surface area (Å²) < 4.78 is 4.75. The molecule has 3 amide bonds. The zero-order chi connectivity index (χ0) is 32.3. The number of morpholine rings is 1. The van der Waals surface area contributed by atoms with Crippen LogP contribution in [0.15, 0.2) is 55.6 Å². The lowest BCUT2D eigenvalue weighted by atomic mass is 9.65. The SMILES string of the molecule is C=CCN(CCN1CCOCC1)C(=O)C1N([C@@H](CO)[C@@H](C)CC)C(=O)[C@@H]2[C@H](C(=O)N(CC=C)c3ccccc3)[C@@H]3CC(C)C12S3. The minimum atomic E-state index is -0.779. The van der Waals surface area contributed by atoms with E-state index in [0.29, 0.717) is 39.4 Å². The number of rotatable bonds is 14. The van der Waals surface area contributed by atoms with Crippen molar-refractivity contribution < 1.29 is 24.2 Å². The minimum absolute atomic E-state index is 0.0288. The number of hydrogen-bond acceptors (Lipinski definition) is 7. The number of carbonyl (C=O) groups is 3. The number of aliphatic hydroxyl groups excluding tert-OH is 1. The molecule has 3 unspecified atom stereocenters. The maximum atomic E-state index is 14.9. The Kier molecular flexibility index (Phi) is 10.8. The number of thioether (sulfide) groups is 1. The van der Waals surface area contributed by atoms with Gasteiger partial charge >= 0.3 is 0 Å². The second kappa shape index (κ2) is 14.4. The average molecular weight is 639 g/mol. The number of likely N-dealkylation sites (tertiary alicyclic amines) is 1. The molecule has 0 saturated carbocycles. The molecule has 0 aromatic heterocycles. The van der Waals surface area contributed by atoms with Gasteiger partial charge in [0.15, 0.2) is 0 Å². The molecule has 4 saturated heterocycles. The van der Waals surface area contributed by atoms with E-state index in [1.807, 2.05) is 49.1 Å². The Morgan fingerprint density at radius 2 is 1.84 bits per heavy atom. The molecule has 4 fully saturated rings. The van der Waals surface area contributed by atoms with E-state index in [-0.39, 0.29) is 41.4 Å². The van der Waals surface area contributed by atoms with Crippen molar-refractivity contribution in [2.45, 2.75) is 55.7 Å². The number of amides is 3. The number of benzene rings is 1. The molecule has 0 radical (unpaired) electrons. The van der Waals surface area contributed by atoms with E-state index in [4.69, 9.17) is 4.74 Å². The summed E-state index contributed by atoms with van der Waals surface area (Å²) in [6, 6.07) is 8.22. The van der Waals surface area contributed by atoms with Crippen LogP contribution in [0.4, 0.5) is 5.69 Å². The van der Waals surface area contributed by atoms with E-state index in [1.54, 1.807) is 33.7 Å². The third-order valence-electron chi connectivity index (χ3n) is 10.6. The molecule has 1 spiro atoms. The van der Waals surface area contributed by atoms with Gasteiger partial charge in [-0.1, -0.05) is 57.5 Å². The third kappa shape index (κ3) is 5.99. The van der Waals surface area contributed by atoms with Gasteiger partial charge in [-0.05, 0) is 30.4 Å². The first-order chi connectivity index (χ1) is 21.7. The Balaban J connectivity index is 1.55. The van der Waals surface area contributed by atoms with E-state index in [1.165, 1.54) is 0 Å². The van der Waals surface area contributed by atoms with E-state index in [0.717, 1.165) is 31.6 Å². The highest BCUT2D eigenvalue weighted by Gasteiger charge is 2.77. The van der Waals surface area contributed by atoms with Gasteiger partial charge in [-0.15, -0.1) is 24.9 Å². The average Bonchev–Trinajstić information content (AvgIpc) is 3.66. The van der Waals surface area contributed by atoms with E-state index < -0.39 is 28.7 Å². The van der Waals surface area contributed by atoms with Crippen molar-refractivity contribution >= 4 is 35.2 Å². The Morgan fingerprint density at radius 1 is 1.16 bits per heavy atom. The molecule has 0 aliphatic carbocycles. The third-order valence-corrected chi connectivity index (χ3v) is 12.7. The molecule has 9 nitrogen and oxygen atoms in total. The van der Waals surface area contributed by atoms with E-state index in [2.05, 4.69) is 25.0 Å². The zero-order valence-electron chi connectivity index (χ0n) is 27.1. The van der Waals surface area contributed by atoms with Crippen LogP contribution in [0.2, 0.25) is 0 Å². The van der Waals surface area contributed by atoms with Gasteiger partial charge in [0.25, 0.3) is 0 Å². The van der Waals surface area contributed by atoms with Gasteiger partial charge in [-0.2, -0.15) is 0 Å². The van der Waals surface area contributed by atoms with Crippen molar-refractivity contribution in [1.29, 1.82) is 0 Å². The van der Waals surface area contributed by atoms with Crippen molar-refractivity contribution in [3.63, 3.8) is 0 Å². The number of carbonyl (C=O) groups excluding carboxylic acids is 3. The Bertz CT molecular complexity index is 1240.